The molecule has 0 spiro atoms. The van der Waals surface area contributed by atoms with Crippen LogP contribution in [-0.4, -0.2) is 30.8 Å². The summed E-state index contributed by atoms with van der Waals surface area (Å²) in [6.07, 6.45) is 0. The van der Waals surface area contributed by atoms with Crippen molar-refractivity contribution in [3.8, 4) is 5.75 Å². The fourth-order valence-electron chi connectivity index (χ4n) is 1.57. The van der Waals surface area contributed by atoms with E-state index < -0.39 is 0 Å². The van der Waals surface area contributed by atoms with Crippen LogP contribution in [0.4, 0.5) is 5.69 Å². The van der Waals surface area contributed by atoms with Crippen LogP contribution in [0, 0.1) is 5.92 Å². The van der Waals surface area contributed by atoms with Crippen molar-refractivity contribution in [2.24, 2.45) is 5.92 Å². The highest BCUT2D eigenvalue weighted by atomic mass is 16.5. The van der Waals surface area contributed by atoms with Crippen LogP contribution < -0.4 is 11.1 Å². The Hall–Kier alpha value is -1.75. The Kier molecular flexibility index (Phi) is 4.97. The summed E-state index contributed by atoms with van der Waals surface area (Å²) in [6, 6.07) is 4.21. The van der Waals surface area contributed by atoms with E-state index in [-0.39, 0.29) is 29.2 Å². The number of nitrogens with one attached hydrogen (secondary N) is 1. The third-order valence-electron chi connectivity index (χ3n) is 2.75. The number of rotatable bonds is 5. The first-order valence-electron chi connectivity index (χ1n) is 5.84. The van der Waals surface area contributed by atoms with Gasteiger partial charge in [-0.15, -0.1) is 0 Å². The molecule has 0 aliphatic heterocycles. The molecule has 1 atom stereocenters. The standard InChI is InChI=1S/C13H20N2O3/c1-8(2)12(7-18-3)15-13(17)10-6-9(16)4-5-11(10)14/h4-6,8,12,16H,7,14H2,1-3H3,(H,15,17). The Morgan fingerprint density at radius 2 is 2.17 bits per heavy atom. The number of anilines is 1. The lowest BCUT2D eigenvalue weighted by atomic mass is 10.0. The van der Waals surface area contributed by atoms with Crippen molar-refractivity contribution >= 4 is 11.6 Å². The average molecular weight is 252 g/mol. The summed E-state index contributed by atoms with van der Waals surface area (Å²) in [5.41, 5.74) is 6.33. The van der Waals surface area contributed by atoms with Gasteiger partial charge in [0.05, 0.1) is 18.2 Å². The maximum Gasteiger partial charge on any atom is 0.253 e. The Labute approximate surface area is 107 Å². The number of carbonyl (C=O) groups excluding carboxylic acids is 1. The Morgan fingerprint density at radius 3 is 2.72 bits per heavy atom. The summed E-state index contributed by atoms with van der Waals surface area (Å²) in [4.78, 5) is 12.0. The van der Waals surface area contributed by atoms with Gasteiger partial charge in [-0.2, -0.15) is 0 Å². The number of methoxy groups -OCH3 is 1. The maximum atomic E-state index is 12.0. The van der Waals surface area contributed by atoms with Crippen LogP contribution in [0.3, 0.4) is 0 Å². The number of phenols is 1. The first-order chi connectivity index (χ1) is 8.45. The van der Waals surface area contributed by atoms with Crippen molar-refractivity contribution in [2.75, 3.05) is 19.5 Å². The van der Waals surface area contributed by atoms with Gasteiger partial charge < -0.3 is 20.9 Å². The van der Waals surface area contributed by atoms with Crippen molar-refractivity contribution in [1.29, 1.82) is 0 Å². The van der Waals surface area contributed by atoms with Gasteiger partial charge in [-0.05, 0) is 24.1 Å². The fourth-order valence-corrected chi connectivity index (χ4v) is 1.57. The van der Waals surface area contributed by atoms with E-state index in [1.807, 2.05) is 13.8 Å². The van der Waals surface area contributed by atoms with Gasteiger partial charge in [0.15, 0.2) is 0 Å². The molecular formula is C13H20N2O3. The predicted octanol–water partition coefficient (Wildman–Crippen LogP) is 1.38. The second-order valence-corrected chi connectivity index (χ2v) is 4.55. The number of nitrogens with two attached hydrogens (primary N) is 1. The molecule has 1 amide bonds. The number of phenolic OH excluding ortho intramolecular Hbond substituents is 1. The quantitative estimate of drug-likeness (QED) is 0.546. The topological polar surface area (TPSA) is 84.6 Å². The molecule has 1 rings (SSSR count). The van der Waals surface area contributed by atoms with Crippen LogP contribution in [0.15, 0.2) is 18.2 Å². The number of carbonyl (C=O) groups is 1. The monoisotopic (exact) mass is 252 g/mol. The molecule has 0 saturated carbocycles. The Balaban J connectivity index is 2.83. The molecule has 1 aromatic rings. The second kappa shape index (κ2) is 6.26. The first kappa shape index (κ1) is 14.3. The van der Waals surface area contributed by atoms with Crippen molar-refractivity contribution in [1.82, 2.24) is 5.32 Å². The van der Waals surface area contributed by atoms with E-state index in [2.05, 4.69) is 5.32 Å². The zero-order chi connectivity index (χ0) is 13.7. The van der Waals surface area contributed by atoms with Gasteiger partial charge in [-0.25, -0.2) is 0 Å². The third kappa shape index (κ3) is 3.63. The molecule has 0 saturated heterocycles. The largest absolute Gasteiger partial charge is 0.508 e. The van der Waals surface area contributed by atoms with E-state index >= 15 is 0 Å². The van der Waals surface area contributed by atoms with Crippen molar-refractivity contribution in [3.63, 3.8) is 0 Å². The Morgan fingerprint density at radius 1 is 1.50 bits per heavy atom. The highest BCUT2D eigenvalue weighted by Gasteiger charge is 2.18. The first-order valence-corrected chi connectivity index (χ1v) is 5.84. The molecule has 0 heterocycles. The number of hydrogen-bond donors (Lipinski definition) is 3. The van der Waals surface area contributed by atoms with Crippen LogP contribution in [0.1, 0.15) is 24.2 Å². The summed E-state index contributed by atoms with van der Waals surface area (Å²) >= 11 is 0. The average Bonchev–Trinajstić information content (AvgIpc) is 2.31. The summed E-state index contributed by atoms with van der Waals surface area (Å²) in [6.45, 7) is 4.42. The van der Waals surface area contributed by atoms with E-state index in [9.17, 15) is 9.90 Å². The van der Waals surface area contributed by atoms with Gasteiger partial charge in [0.1, 0.15) is 5.75 Å². The zero-order valence-electron chi connectivity index (χ0n) is 10.9. The molecule has 0 radical (unpaired) electrons. The summed E-state index contributed by atoms with van der Waals surface area (Å²) in [5.74, 6) is -0.0474. The minimum atomic E-state index is -0.306. The summed E-state index contributed by atoms with van der Waals surface area (Å²) in [7, 11) is 1.59. The lowest BCUT2D eigenvalue weighted by molar-refractivity contribution is 0.0867. The van der Waals surface area contributed by atoms with Crippen LogP contribution in [0.5, 0.6) is 5.75 Å². The molecule has 0 bridgehead atoms. The molecule has 1 aromatic carbocycles. The highest BCUT2D eigenvalue weighted by molar-refractivity contribution is 5.99. The third-order valence-corrected chi connectivity index (χ3v) is 2.75. The summed E-state index contributed by atoms with van der Waals surface area (Å²) < 4.78 is 5.06. The molecule has 0 aromatic heterocycles. The number of aromatic hydroxyl groups is 1. The number of benzene rings is 1. The van der Waals surface area contributed by atoms with Gasteiger partial charge in [-0.3, -0.25) is 4.79 Å². The molecule has 18 heavy (non-hydrogen) atoms. The van der Waals surface area contributed by atoms with Gasteiger partial charge in [0.2, 0.25) is 0 Å². The van der Waals surface area contributed by atoms with Crippen molar-refractivity contribution in [2.45, 2.75) is 19.9 Å². The van der Waals surface area contributed by atoms with E-state index in [4.69, 9.17) is 10.5 Å². The van der Waals surface area contributed by atoms with E-state index in [1.165, 1.54) is 18.2 Å². The van der Waals surface area contributed by atoms with Gasteiger partial charge in [-0.1, -0.05) is 13.8 Å². The predicted molar refractivity (Wildman–Crippen MR) is 70.5 cm³/mol. The van der Waals surface area contributed by atoms with E-state index in [1.54, 1.807) is 7.11 Å². The number of amides is 1. The van der Waals surface area contributed by atoms with Crippen LogP contribution in [0.2, 0.25) is 0 Å². The normalized spacial score (nSPS) is 12.4. The summed E-state index contributed by atoms with van der Waals surface area (Å²) in [5, 5.41) is 12.2. The highest BCUT2D eigenvalue weighted by Crippen LogP contribution is 2.18. The van der Waals surface area contributed by atoms with Crippen LogP contribution in [-0.2, 0) is 4.74 Å². The van der Waals surface area contributed by atoms with Crippen molar-refractivity contribution in [3.05, 3.63) is 23.8 Å². The zero-order valence-corrected chi connectivity index (χ0v) is 10.9. The molecule has 0 fully saturated rings. The van der Waals surface area contributed by atoms with E-state index in [0.717, 1.165) is 0 Å². The molecule has 5 heteroatoms. The van der Waals surface area contributed by atoms with Gasteiger partial charge >= 0.3 is 0 Å². The number of ether oxygens (including phenoxy) is 1. The van der Waals surface area contributed by atoms with Crippen LogP contribution >= 0.6 is 0 Å². The molecule has 0 aliphatic carbocycles. The van der Waals surface area contributed by atoms with Gasteiger partial charge in [0, 0.05) is 12.8 Å². The molecular weight excluding hydrogens is 232 g/mol. The number of hydrogen-bond acceptors (Lipinski definition) is 4. The maximum absolute atomic E-state index is 12.0. The Bertz CT molecular complexity index is 419. The fraction of sp³-hybridized carbons (Fsp3) is 0.462. The molecule has 4 N–H and O–H groups in total. The lowest BCUT2D eigenvalue weighted by Gasteiger charge is -2.21. The van der Waals surface area contributed by atoms with Gasteiger partial charge in [0.25, 0.3) is 5.91 Å². The van der Waals surface area contributed by atoms with E-state index in [0.29, 0.717) is 12.3 Å². The lowest BCUT2D eigenvalue weighted by Crippen LogP contribution is -2.41. The minimum Gasteiger partial charge on any atom is -0.508 e. The molecule has 0 aliphatic rings. The minimum absolute atomic E-state index is 0.0159. The number of nitrogen functional groups attached to an aromatic ring is 1. The van der Waals surface area contributed by atoms with Crippen molar-refractivity contribution < 1.29 is 14.6 Å². The molecule has 100 valence electrons. The van der Waals surface area contributed by atoms with Crippen LogP contribution in [0.25, 0.3) is 0 Å². The SMILES string of the molecule is COCC(NC(=O)c1cc(O)ccc1N)C(C)C. The smallest absolute Gasteiger partial charge is 0.253 e. The molecule has 5 nitrogen and oxygen atoms in total. The molecule has 1 unspecified atom stereocenters. The second-order valence-electron chi connectivity index (χ2n) is 4.55.